The number of aliphatic hydroxyl groups is 1. The van der Waals surface area contributed by atoms with Crippen molar-refractivity contribution in [3.63, 3.8) is 0 Å². The minimum atomic E-state index is -0.487. The molecular weight excluding hydrogens is 234 g/mol. The van der Waals surface area contributed by atoms with Crippen LogP contribution in [0.3, 0.4) is 0 Å². The molecule has 0 heterocycles. The molecule has 2 saturated carbocycles. The number of hydrogen-bond donors (Lipinski definition) is 2. The Morgan fingerprint density at radius 3 is 2.21 bits per heavy atom. The minimum Gasteiger partial charge on any atom is -0.389 e. The highest BCUT2D eigenvalue weighted by Crippen LogP contribution is 2.51. The SMILES string of the molecule is CC(C)C1CCCC(O)(C2(CN)CCCCCC2)C1. The molecule has 0 saturated heterocycles. The fraction of sp³-hybridized carbons (Fsp3) is 1.00. The molecule has 112 valence electrons. The van der Waals surface area contributed by atoms with Crippen LogP contribution in [0.5, 0.6) is 0 Å². The van der Waals surface area contributed by atoms with Crippen LogP contribution < -0.4 is 5.73 Å². The number of rotatable bonds is 3. The third kappa shape index (κ3) is 3.00. The molecule has 2 heteroatoms. The summed E-state index contributed by atoms with van der Waals surface area (Å²) in [5.74, 6) is 1.37. The van der Waals surface area contributed by atoms with E-state index in [1.807, 2.05) is 0 Å². The Morgan fingerprint density at radius 1 is 1.05 bits per heavy atom. The molecule has 0 bridgehead atoms. The predicted molar refractivity (Wildman–Crippen MR) is 80.9 cm³/mol. The fourth-order valence-electron chi connectivity index (χ4n) is 4.61. The molecule has 0 amide bonds. The average molecular weight is 267 g/mol. The maximum atomic E-state index is 11.4. The lowest BCUT2D eigenvalue weighted by atomic mass is 9.58. The van der Waals surface area contributed by atoms with Crippen molar-refractivity contribution < 1.29 is 5.11 Å². The number of hydrogen-bond acceptors (Lipinski definition) is 2. The van der Waals surface area contributed by atoms with E-state index in [1.165, 1.54) is 38.5 Å². The van der Waals surface area contributed by atoms with Crippen LogP contribution in [0, 0.1) is 17.3 Å². The zero-order valence-corrected chi connectivity index (χ0v) is 13.0. The first kappa shape index (κ1) is 15.3. The lowest BCUT2D eigenvalue weighted by Gasteiger charge is -2.51. The molecule has 2 aliphatic carbocycles. The van der Waals surface area contributed by atoms with Gasteiger partial charge in [-0.05, 0) is 43.9 Å². The normalized spacial score (nSPS) is 36.2. The molecular formula is C17H33NO. The molecule has 2 fully saturated rings. The highest BCUT2D eigenvalue weighted by Gasteiger charge is 2.51. The summed E-state index contributed by atoms with van der Waals surface area (Å²) in [6, 6.07) is 0. The van der Waals surface area contributed by atoms with Gasteiger partial charge in [0.15, 0.2) is 0 Å². The summed E-state index contributed by atoms with van der Waals surface area (Å²) in [6.07, 6.45) is 11.9. The molecule has 2 nitrogen and oxygen atoms in total. The van der Waals surface area contributed by atoms with Crippen molar-refractivity contribution in [2.45, 2.75) is 83.7 Å². The van der Waals surface area contributed by atoms with Crippen molar-refractivity contribution in [3.05, 3.63) is 0 Å². The van der Waals surface area contributed by atoms with E-state index in [-0.39, 0.29) is 5.41 Å². The van der Waals surface area contributed by atoms with Gasteiger partial charge in [-0.3, -0.25) is 0 Å². The van der Waals surface area contributed by atoms with Crippen LogP contribution in [-0.2, 0) is 0 Å². The van der Waals surface area contributed by atoms with E-state index in [0.717, 1.165) is 25.7 Å². The monoisotopic (exact) mass is 267 g/mol. The molecule has 2 aliphatic rings. The van der Waals surface area contributed by atoms with Crippen molar-refractivity contribution in [1.29, 1.82) is 0 Å². The largest absolute Gasteiger partial charge is 0.389 e. The highest BCUT2D eigenvalue weighted by molar-refractivity contribution is 5.03. The van der Waals surface area contributed by atoms with Gasteiger partial charge in [-0.25, -0.2) is 0 Å². The summed E-state index contributed by atoms with van der Waals surface area (Å²) in [4.78, 5) is 0. The van der Waals surface area contributed by atoms with Gasteiger partial charge in [0.2, 0.25) is 0 Å². The Labute approximate surface area is 119 Å². The van der Waals surface area contributed by atoms with Crippen molar-refractivity contribution in [3.8, 4) is 0 Å². The van der Waals surface area contributed by atoms with Crippen LogP contribution >= 0.6 is 0 Å². The molecule has 0 radical (unpaired) electrons. The smallest absolute Gasteiger partial charge is 0.0718 e. The molecule has 0 aromatic heterocycles. The molecule has 0 spiro atoms. The molecule has 3 N–H and O–H groups in total. The van der Waals surface area contributed by atoms with Gasteiger partial charge in [-0.2, -0.15) is 0 Å². The van der Waals surface area contributed by atoms with Crippen LogP contribution in [-0.4, -0.2) is 17.3 Å². The topological polar surface area (TPSA) is 46.2 Å². The fourth-order valence-corrected chi connectivity index (χ4v) is 4.61. The lowest BCUT2D eigenvalue weighted by molar-refractivity contribution is -0.129. The summed E-state index contributed by atoms with van der Waals surface area (Å²) < 4.78 is 0. The van der Waals surface area contributed by atoms with Gasteiger partial charge < -0.3 is 10.8 Å². The second-order valence-corrected chi connectivity index (χ2v) is 7.53. The quantitative estimate of drug-likeness (QED) is 0.763. The average Bonchev–Trinajstić information content (AvgIpc) is 2.65. The molecule has 2 rings (SSSR count). The zero-order valence-electron chi connectivity index (χ0n) is 13.0. The van der Waals surface area contributed by atoms with E-state index in [9.17, 15) is 5.11 Å². The van der Waals surface area contributed by atoms with Gasteiger partial charge >= 0.3 is 0 Å². The first-order valence-electron chi connectivity index (χ1n) is 8.45. The van der Waals surface area contributed by atoms with E-state index in [2.05, 4.69) is 13.8 Å². The second-order valence-electron chi connectivity index (χ2n) is 7.53. The first-order chi connectivity index (χ1) is 9.03. The molecule has 0 aliphatic heterocycles. The minimum absolute atomic E-state index is 0.0110. The molecule has 2 unspecified atom stereocenters. The third-order valence-corrected chi connectivity index (χ3v) is 6.15. The second kappa shape index (κ2) is 6.13. The van der Waals surface area contributed by atoms with Gasteiger partial charge in [0.25, 0.3) is 0 Å². The Kier molecular flexibility index (Phi) is 4.94. The molecule has 2 atom stereocenters. The maximum Gasteiger partial charge on any atom is 0.0718 e. The summed E-state index contributed by atoms with van der Waals surface area (Å²) in [7, 11) is 0. The number of nitrogens with two attached hydrogens (primary N) is 1. The standard InChI is InChI=1S/C17H33NO/c1-14(2)15-8-7-11-17(19,12-15)16(13-18)9-5-3-4-6-10-16/h14-15,19H,3-13,18H2,1-2H3. The summed E-state index contributed by atoms with van der Waals surface area (Å²) in [5, 5.41) is 11.4. The predicted octanol–water partition coefficient (Wildman–Crippen LogP) is 3.86. The van der Waals surface area contributed by atoms with E-state index in [4.69, 9.17) is 5.73 Å². The van der Waals surface area contributed by atoms with Crippen LogP contribution in [0.2, 0.25) is 0 Å². The van der Waals surface area contributed by atoms with E-state index in [1.54, 1.807) is 0 Å². The Balaban J connectivity index is 2.19. The Morgan fingerprint density at radius 2 is 1.68 bits per heavy atom. The maximum absolute atomic E-state index is 11.4. The van der Waals surface area contributed by atoms with E-state index in [0.29, 0.717) is 18.4 Å². The van der Waals surface area contributed by atoms with Crippen molar-refractivity contribution in [2.75, 3.05) is 6.54 Å². The molecule has 0 aromatic carbocycles. The summed E-state index contributed by atoms with van der Waals surface area (Å²) in [6.45, 7) is 5.28. The molecule has 19 heavy (non-hydrogen) atoms. The van der Waals surface area contributed by atoms with Gasteiger partial charge in [0.1, 0.15) is 0 Å². The van der Waals surface area contributed by atoms with Gasteiger partial charge in [0.05, 0.1) is 5.60 Å². The molecule has 0 aromatic rings. The highest BCUT2D eigenvalue weighted by atomic mass is 16.3. The van der Waals surface area contributed by atoms with Crippen molar-refractivity contribution in [2.24, 2.45) is 23.0 Å². The summed E-state index contributed by atoms with van der Waals surface area (Å²) in [5.41, 5.74) is 5.71. The summed E-state index contributed by atoms with van der Waals surface area (Å²) >= 11 is 0. The Bertz CT molecular complexity index is 281. The van der Waals surface area contributed by atoms with Crippen LogP contribution in [0.1, 0.15) is 78.1 Å². The van der Waals surface area contributed by atoms with E-state index < -0.39 is 5.60 Å². The van der Waals surface area contributed by atoms with Crippen LogP contribution in [0.15, 0.2) is 0 Å². The van der Waals surface area contributed by atoms with Gasteiger partial charge in [-0.15, -0.1) is 0 Å². The van der Waals surface area contributed by atoms with Crippen molar-refractivity contribution >= 4 is 0 Å². The lowest BCUT2D eigenvalue weighted by Crippen LogP contribution is -2.55. The zero-order chi connectivity index (χ0) is 13.9. The third-order valence-electron chi connectivity index (χ3n) is 6.15. The van der Waals surface area contributed by atoms with Crippen molar-refractivity contribution in [1.82, 2.24) is 0 Å². The Hall–Kier alpha value is -0.0800. The first-order valence-corrected chi connectivity index (χ1v) is 8.45. The van der Waals surface area contributed by atoms with Gasteiger partial charge in [-0.1, -0.05) is 46.0 Å². The van der Waals surface area contributed by atoms with Crippen LogP contribution in [0.25, 0.3) is 0 Å². The van der Waals surface area contributed by atoms with Gasteiger partial charge in [0, 0.05) is 12.0 Å². The van der Waals surface area contributed by atoms with E-state index >= 15 is 0 Å². The van der Waals surface area contributed by atoms with Crippen LogP contribution in [0.4, 0.5) is 0 Å².